The summed E-state index contributed by atoms with van der Waals surface area (Å²) in [5.41, 5.74) is 2.87. The van der Waals surface area contributed by atoms with Gasteiger partial charge in [-0.05, 0) is 42.7 Å². The number of hydrogen-bond acceptors (Lipinski definition) is 3. The molecule has 158 valence electrons. The number of rotatable bonds is 6. The molecule has 2 heterocycles. The highest BCUT2D eigenvalue weighted by Crippen LogP contribution is 2.27. The van der Waals surface area contributed by atoms with E-state index in [0.29, 0.717) is 23.1 Å². The maximum Gasteiger partial charge on any atom is 0.262 e. The lowest BCUT2D eigenvalue weighted by Gasteiger charge is -2.10. The van der Waals surface area contributed by atoms with Gasteiger partial charge in [0.05, 0.1) is 16.1 Å². The monoisotopic (exact) mass is 453 g/mol. The molecule has 2 aromatic carbocycles. The average Bonchev–Trinajstić information content (AvgIpc) is 3.41. The van der Waals surface area contributed by atoms with Crippen molar-refractivity contribution in [2.45, 2.75) is 25.5 Å². The van der Waals surface area contributed by atoms with Crippen molar-refractivity contribution in [1.82, 2.24) is 9.88 Å². The molecule has 1 aliphatic heterocycles. The first-order chi connectivity index (χ1) is 15.0. The third-order valence-corrected chi connectivity index (χ3v) is 6.07. The van der Waals surface area contributed by atoms with Crippen LogP contribution in [0.5, 0.6) is 0 Å². The number of amides is 1. The maximum atomic E-state index is 12.5. The van der Waals surface area contributed by atoms with Crippen molar-refractivity contribution in [3.8, 4) is 6.07 Å². The molecule has 1 aliphatic rings. The SMILES string of the molecule is N#C/C(=C/c1cn(Cc2ccc(Cl)c(Cl)c2)c2ccccc12)C(=O)NC[C@@H]1CCCO1. The van der Waals surface area contributed by atoms with Gasteiger partial charge < -0.3 is 14.6 Å². The molecule has 1 N–H and O–H groups in total. The van der Waals surface area contributed by atoms with Crippen LogP contribution >= 0.6 is 23.2 Å². The highest BCUT2D eigenvalue weighted by Gasteiger charge is 2.18. The fourth-order valence-electron chi connectivity index (χ4n) is 3.77. The molecule has 31 heavy (non-hydrogen) atoms. The molecule has 0 spiro atoms. The zero-order chi connectivity index (χ0) is 21.8. The van der Waals surface area contributed by atoms with Crippen molar-refractivity contribution in [1.29, 1.82) is 5.26 Å². The standard InChI is InChI=1S/C24H21Cl2N3O2/c25-21-8-7-16(10-22(21)26)14-29-15-18(20-5-1-2-6-23(20)29)11-17(12-27)24(30)28-13-19-4-3-9-31-19/h1-2,5-8,10-11,15,19H,3-4,9,13-14H2,(H,28,30)/b17-11-/t19-/m0/s1. The minimum Gasteiger partial charge on any atom is -0.376 e. The van der Waals surface area contributed by atoms with E-state index in [9.17, 15) is 10.1 Å². The molecule has 4 rings (SSSR count). The van der Waals surface area contributed by atoms with Gasteiger partial charge >= 0.3 is 0 Å². The third kappa shape index (κ3) is 4.94. The highest BCUT2D eigenvalue weighted by molar-refractivity contribution is 6.42. The van der Waals surface area contributed by atoms with Gasteiger partial charge in [-0.1, -0.05) is 47.5 Å². The Morgan fingerprint density at radius 3 is 2.84 bits per heavy atom. The molecule has 5 nitrogen and oxygen atoms in total. The molecule has 1 amide bonds. The van der Waals surface area contributed by atoms with Gasteiger partial charge in [0.1, 0.15) is 11.6 Å². The van der Waals surface area contributed by atoms with Crippen LogP contribution < -0.4 is 5.32 Å². The van der Waals surface area contributed by atoms with E-state index in [1.165, 1.54) is 0 Å². The van der Waals surface area contributed by atoms with Crippen molar-refractivity contribution < 1.29 is 9.53 Å². The second-order valence-electron chi connectivity index (χ2n) is 7.49. The fourth-order valence-corrected chi connectivity index (χ4v) is 4.09. The number of benzene rings is 2. The quantitative estimate of drug-likeness (QED) is 0.411. The predicted octanol–water partition coefficient (Wildman–Crippen LogP) is 5.20. The molecule has 1 aromatic heterocycles. The molecule has 0 bridgehead atoms. The topological polar surface area (TPSA) is 67.0 Å². The van der Waals surface area contributed by atoms with Gasteiger partial charge in [-0.3, -0.25) is 4.79 Å². The van der Waals surface area contributed by atoms with Gasteiger partial charge in [0.15, 0.2) is 0 Å². The lowest BCUT2D eigenvalue weighted by atomic mass is 10.1. The smallest absolute Gasteiger partial charge is 0.262 e. The normalized spacial score (nSPS) is 16.4. The van der Waals surface area contributed by atoms with Gasteiger partial charge in [0, 0.05) is 42.4 Å². The highest BCUT2D eigenvalue weighted by atomic mass is 35.5. The molecule has 1 atom stereocenters. The minimum absolute atomic E-state index is 0.0250. The lowest BCUT2D eigenvalue weighted by Crippen LogP contribution is -2.32. The summed E-state index contributed by atoms with van der Waals surface area (Å²) in [6.45, 7) is 1.72. The number of nitriles is 1. The van der Waals surface area contributed by atoms with Crippen LogP contribution in [0.2, 0.25) is 10.0 Å². The van der Waals surface area contributed by atoms with Crippen molar-refractivity contribution >= 4 is 46.1 Å². The van der Waals surface area contributed by atoms with Gasteiger partial charge in [0.25, 0.3) is 5.91 Å². The van der Waals surface area contributed by atoms with Crippen LogP contribution in [0.3, 0.4) is 0 Å². The molecule has 0 radical (unpaired) electrons. The summed E-state index contributed by atoms with van der Waals surface area (Å²) in [6, 6.07) is 15.5. The maximum absolute atomic E-state index is 12.5. The van der Waals surface area contributed by atoms with E-state index in [-0.39, 0.29) is 17.6 Å². The van der Waals surface area contributed by atoms with Crippen molar-refractivity contribution in [2.24, 2.45) is 0 Å². The van der Waals surface area contributed by atoms with E-state index in [1.807, 2.05) is 48.7 Å². The summed E-state index contributed by atoms with van der Waals surface area (Å²) >= 11 is 12.2. The lowest BCUT2D eigenvalue weighted by molar-refractivity contribution is -0.117. The van der Waals surface area contributed by atoms with E-state index in [2.05, 4.69) is 9.88 Å². The van der Waals surface area contributed by atoms with Crippen LogP contribution in [0.15, 0.2) is 54.2 Å². The van der Waals surface area contributed by atoms with Crippen LogP contribution in [0.1, 0.15) is 24.0 Å². The van der Waals surface area contributed by atoms with Gasteiger partial charge in [-0.2, -0.15) is 5.26 Å². The first-order valence-corrected chi connectivity index (χ1v) is 10.8. The molecule has 7 heteroatoms. The summed E-state index contributed by atoms with van der Waals surface area (Å²) in [5.74, 6) is -0.390. The summed E-state index contributed by atoms with van der Waals surface area (Å²) in [4.78, 5) is 12.5. The second kappa shape index (κ2) is 9.57. The first kappa shape index (κ1) is 21.5. The van der Waals surface area contributed by atoms with Crippen LogP contribution in [-0.4, -0.2) is 29.7 Å². The number of carbonyl (C=O) groups excluding carboxylic acids is 1. The number of nitrogens with zero attached hydrogens (tertiary/aromatic N) is 2. The van der Waals surface area contributed by atoms with Crippen molar-refractivity contribution in [2.75, 3.05) is 13.2 Å². The Bertz CT molecular complexity index is 1190. The largest absolute Gasteiger partial charge is 0.376 e. The number of fused-ring (bicyclic) bond motifs is 1. The Hall–Kier alpha value is -2.78. The predicted molar refractivity (Wildman–Crippen MR) is 123 cm³/mol. The number of carbonyl (C=O) groups is 1. The summed E-state index contributed by atoms with van der Waals surface area (Å²) in [7, 11) is 0. The van der Waals surface area contributed by atoms with E-state index in [1.54, 1.807) is 12.1 Å². The zero-order valence-electron chi connectivity index (χ0n) is 16.8. The van der Waals surface area contributed by atoms with Crippen LogP contribution in [0.25, 0.3) is 17.0 Å². The molecule has 0 saturated carbocycles. The molecule has 1 saturated heterocycles. The molecular weight excluding hydrogens is 433 g/mol. The Kier molecular flexibility index (Phi) is 6.62. The van der Waals surface area contributed by atoms with Gasteiger partial charge in [-0.15, -0.1) is 0 Å². The van der Waals surface area contributed by atoms with E-state index in [4.69, 9.17) is 27.9 Å². The first-order valence-electron chi connectivity index (χ1n) is 10.1. The van der Waals surface area contributed by atoms with Crippen molar-refractivity contribution in [3.63, 3.8) is 0 Å². The number of para-hydroxylation sites is 1. The zero-order valence-corrected chi connectivity index (χ0v) is 18.3. The Labute approximate surface area is 190 Å². The van der Waals surface area contributed by atoms with E-state index >= 15 is 0 Å². The molecule has 0 aliphatic carbocycles. The minimum atomic E-state index is -0.390. The Morgan fingerprint density at radius 2 is 2.10 bits per heavy atom. The molecular formula is C24H21Cl2N3O2. The third-order valence-electron chi connectivity index (χ3n) is 5.34. The van der Waals surface area contributed by atoms with Crippen molar-refractivity contribution in [3.05, 3.63) is 75.4 Å². The Morgan fingerprint density at radius 1 is 1.26 bits per heavy atom. The molecule has 3 aromatic rings. The number of nitrogens with one attached hydrogen (secondary N) is 1. The summed E-state index contributed by atoms with van der Waals surface area (Å²) < 4.78 is 7.60. The van der Waals surface area contributed by atoms with Crippen LogP contribution in [-0.2, 0) is 16.1 Å². The fraction of sp³-hybridized carbons (Fsp3) is 0.250. The number of aromatic nitrogens is 1. The number of halogens is 2. The molecule has 1 fully saturated rings. The number of hydrogen-bond donors (Lipinski definition) is 1. The summed E-state index contributed by atoms with van der Waals surface area (Å²) in [6.07, 6.45) is 5.53. The average molecular weight is 454 g/mol. The molecule has 0 unspecified atom stereocenters. The van der Waals surface area contributed by atoms with E-state index in [0.717, 1.165) is 41.5 Å². The van der Waals surface area contributed by atoms with Gasteiger partial charge in [0.2, 0.25) is 0 Å². The number of ether oxygens (including phenoxy) is 1. The van der Waals surface area contributed by atoms with Crippen LogP contribution in [0, 0.1) is 11.3 Å². The van der Waals surface area contributed by atoms with Gasteiger partial charge in [-0.25, -0.2) is 0 Å². The van der Waals surface area contributed by atoms with E-state index < -0.39 is 0 Å². The second-order valence-corrected chi connectivity index (χ2v) is 8.31. The Balaban J connectivity index is 1.61. The summed E-state index contributed by atoms with van der Waals surface area (Å²) in [5, 5.41) is 14.4. The van der Waals surface area contributed by atoms with Crippen LogP contribution in [0.4, 0.5) is 0 Å².